The molecule has 2 nitrogen and oxygen atoms in total. The molecule has 0 saturated heterocycles. The summed E-state index contributed by atoms with van der Waals surface area (Å²) < 4.78 is 10.7. The molecule has 0 amide bonds. The lowest BCUT2D eigenvalue weighted by molar-refractivity contribution is 0.394. The standard InChI is InChI=1S/C18H20O2/c1-13(15-8-6-5-7-9-15)14(2)16-10-17(19-3)12-18(11-16)20-4/h5-12H,1-4H3. The molecule has 0 atom stereocenters. The third-order valence-corrected chi connectivity index (χ3v) is 3.55. The molecular weight excluding hydrogens is 248 g/mol. The van der Waals surface area contributed by atoms with Gasteiger partial charge < -0.3 is 9.47 Å². The Labute approximate surface area is 120 Å². The quantitative estimate of drug-likeness (QED) is 0.751. The SMILES string of the molecule is COc1cc(OC)cc(C(C)=C(C)c2ccccc2)c1. The van der Waals surface area contributed by atoms with Crippen LogP contribution in [0.15, 0.2) is 48.5 Å². The summed E-state index contributed by atoms with van der Waals surface area (Å²) in [6, 6.07) is 16.3. The van der Waals surface area contributed by atoms with E-state index in [1.807, 2.05) is 24.3 Å². The largest absolute Gasteiger partial charge is 0.497 e. The van der Waals surface area contributed by atoms with Gasteiger partial charge in [0.15, 0.2) is 0 Å². The van der Waals surface area contributed by atoms with Crippen molar-refractivity contribution in [2.75, 3.05) is 14.2 Å². The molecule has 0 heterocycles. The summed E-state index contributed by atoms with van der Waals surface area (Å²) in [7, 11) is 3.34. The van der Waals surface area contributed by atoms with Crippen molar-refractivity contribution in [3.63, 3.8) is 0 Å². The maximum atomic E-state index is 5.33. The van der Waals surface area contributed by atoms with E-state index in [-0.39, 0.29) is 0 Å². The molecule has 2 aromatic rings. The minimum absolute atomic E-state index is 0.805. The van der Waals surface area contributed by atoms with Crippen LogP contribution in [-0.4, -0.2) is 14.2 Å². The Morgan fingerprint density at radius 1 is 0.700 bits per heavy atom. The van der Waals surface area contributed by atoms with Gasteiger partial charge >= 0.3 is 0 Å². The van der Waals surface area contributed by atoms with Gasteiger partial charge in [0.05, 0.1) is 14.2 Å². The maximum absolute atomic E-state index is 5.33. The van der Waals surface area contributed by atoms with Crippen molar-refractivity contribution in [1.29, 1.82) is 0 Å². The topological polar surface area (TPSA) is 18.5 Å². The second-order valence-electron chi connectivity index (χ2n) is 4.72. The Hall–Kier alpha value is -2.22. The van der Waals surface area contributed by atoms with Crippen LogP contribution >= 0.6 is 0 Å². The van der Waals surface area contributed by atoms with Crippen molar-refractivity contribution in [3.8, 4) is 11.5 Å². The molecule has 0 aliphatic heterocycles. The third kappa shape index (κ3) is 3.02. The fourth-order valence-corrected chi connectivity index (χ4v) is 2.15. The predicted octanol–water partition coefficient (Wildman–Crippen LogP) is 4.65. The summed E-state index contributed by atoms with van der Waals surface area (Å²) in [5, 5.41) is 0. The van der Waals surface area contributed by atoms with Gasteiger partial charge in [-0.05, 0) is 48.3 Å². The molecule has 0 aliphatic carbocycles. The number of allylic oxidation sites excluding steroid dienone is 2. The molecule has 2 heteroatoms. The Kier molecular flexibility index (Phi) is 4.46. The van der Waals surface area contributed by atoms with Crippen molar-refractivity contribution >= 4 is 11.1 Å². The highest BCUT2D eigenvalue weighted by Gasteiger charge is 2.07. The molecule has 20 heavy (non-hydrogen) atoms. The number of methoxy groups -OCH3 is 2. The van der Waals surface area contributed by atoms with Gasteiger partial charge in [-0.2, -0.15) is 0 Å². The zero-order valence-corrected chi connectivity index (χ0v) is 12.4. The summed E-state index contributed by atoms with van der Waals surface area (Å²) in [6.07, 6.45) is 0. The Balaban J connectivity index is 2.49. The van der Waals surface area contributed by atoms with Gasteiger partial charge in [0.25, 0.3) is 0 Å². The summed E-state index contributed by atoms with van der Waals surface area (Å²) >= 11 is 0. The number of hydrogen-bond acceptors (Lipinski definition) is 2. The minimum Gasteiger partial charge on any atom is -0.497 e. The highest BCUT2D eigenvalue weighted by molar-refractivity contribution is 5.89. The average Bonchev–Trinajstić information content (AvgIpc) is 2.53. The molecule has 0 radical (unpaired) electrons. The lowest BCUT2D eigenvalue weighted by atomic mass is 9.97. The van der Waals surface area contributed by atoms with Crippen molar-refractivity contribution in [2.45, 2.75) is 13.8 Å². The zero-order valence-electron chi connectivity index (χ0n) is 12.4. The average molecular weight is 268 g/mol. The van der Waals surface area contributed by atoms with Crippen LogP contribution in [0.2, 0.25) is 0 Å². The van der Waals surface area contributed by atoms with Crippen molar-refractivity contribution in [1.82, 2.24) is 0 Å². The molecule has 0 spiro atoms. The summed E-state index contributed by atoms with van der Waals surface area (Å²) in [4.78, 5) is 0. The van der Waals surface area contributed by atoms with Gasteiger partial charge in [-0.3, -0.25) is 0 Å². The number of rotatable bonds is 4. The molecular formula is C18H20O2. The van der Waals surface area contributed by atoms with E-state index in [2.05, 4.69) is 38.1 Å². The van der Waals surface area contributed by atoms with Crippen molar-refractivity contribution in [2.24, 2.45) is 0 Å². The molecule has 0 aliphatic rings. The minimum atomic E-state index is 0.805. The highest BCUT2D eigenvalue weighted by atomic mass is 16.5. The van der Waals surface area contributed by atoms with Crippen molar-refractivity contribution in [3.05, 3.63) is 59.7 Å². The van der Waals surface area contributed by atoms with Gasteiger partial charge in [-0.1, -0.05) is 30.3 Å². The van der Waals surface area contributed by atoms with Crippen LogP contribution in [0.3, 0.4) is 0 Å². The highest BCUT2D eigenvalue weighted by Crippen LogP contribution is 2.31. The first kappa shape index (κ1) is 14.2. The lowest BCUT2D eigenvalue weighted by Crippen LogP contribution is -1.91. The first-order chi connectivity index (χ1) is 9.65. The van der Waals surface area contributed by atoms with Crippen LogP contribution in [0, 0.1) is 0 Å². The van der Waals surface area contributed by atoms with Gasteiger partial charge in [-0.25, -0.2) is 0 Å². The fraction of sp³-hybridized carbons (Fsp3) is 0.222. The molecule has 0 N–H and O–H groups in total. The van der Waals surface area contributed by atoms with E-state index in [1.165, 1.54) is 16.7 Å². The second kappa shape index (κ2) is 6.29. The molecule has 0 saturated carbocycles. The second-order valence-corrected chi connectivity index (χ2v) is 4.72. The Bertz CT molecular complexity index is 590. The van der Waals surface area contributed by atoms with Crippen LogP contribution in [0.1, 0.15) is 25.0 Å². The zero-order chi connectivity index (χ0) is 14.5. The van der Waals surface area contributed by atoms with Crippen LogP contribution in [-0.2, 0) is 0 Å². The van der Waals surface area contributed by atoms with E-state index in [0.29, 0.717) is 0 Å². The third-order valence-electron chi connectivity index (χ3n) is 3.55. The Morgan fingerprint density at radius 2 is 1.20 bits per heavy atom. The van der Waals surface area contributed by atoms with Crippen molar-refractivity contribution < 1.29 is 9.47 Å². The van der Waals surface area contributed by atoms with Crippen LogP contribution in [0.25, 0.3) is 11.1 Å². The molecule has 104 valence electrons. The normalized spacial score (nSPS) is 11.8. The maximum Gasteiger partial charge on any atom is 0.123 e. The molecule has 0 fully saturated rings. The van der Waals surface area contributed by atoms with Gasteiger partial charge in [0, 0.05) is 6.07 Å². The predicted molar refractivity (Wildman–Crippen MR) is 84.2 cm³/mol. The van der Waals surface area contributed by atoms with E-state index < -0.39 is 0 Å². The van der Waals surface area contributed by atoms with Crippen LogP contribution < -0.4 is 9.47 Å². The summed E-state index contributed by atoms with van der Waals surface area (Å²) in [5.41, 5.74) is 4.81. The molecule has 2 aromatic carbocycles. The van der Waals surface area contributed by atoms with Crippen LogP contribution in [0.5, 0.6) is 11.5 Å². The monoisotopic (exact) mass is 268 g/mol. The number of ether oxygens (including phenoxy) is 2. The van der Waals surface area contributed by atoms with Gasteiger partial charge in [0.2, 0.25) is 0 Å². The fourth-order valence-electron chi connectivity index (χ4n) is 2.15. The first-order valence-electron chi connectivity index (χ1n) is 6.62. The van der Waals surface area contributed by atoms with Gasteiger partial charge in [0.1, 0.15) is 11.5 Å². The number of benzene rings is 2. The molecule has 0 unspecified atom stereocenters. The number of hydrogen-bond donors (Lipinski definition) is 0. The van der Waals surface area contributed by atoms with E-state index in [9.17, 15) is 0 Å². The van der Waals surface area contributed by atoms with E-state index in [0.717, 1.165) is 17.1 Å². The van der Waals surface area contributed by atoms with E-state index in [4.69, 9.17) is 9.47 Å². The van der Waals surface area contributed by atoms with E-state index >= 15 is 0 Å². The molecule has 0 aromatic heterocycles. The van der Waals surface area contributed by atoms with Gasteiger partial charge in [-0.15, -0.1) is 0 Å². The molecule has 0 bridgehead atoms. The summed E-state index contributed by atoms with van der Waals surface area (Å²) in [6.45, 7) is 4.26. The van der Waals surface area contributed by atoms with E-state index in [1.54, 1.807) is 14.2 Å². The Morgan fingerprint density at radius 3 is 1.70 bits per heavy atom. The first-order valence-corrected chi connectivity index (χ1v) is 6.62. The smallest absolute Gasteiger partial charge is 0.123 e. The summed E-state index contributed by atoms with van der Waals surface area (Å²) in [5.74, 6) is 1.61. The lowest BCUT2D eigenvalue weighted by Gasteiger charge is -2.12. The van der Waals surface area contributed by atoms with Crippen LogP contribution in [0.4, 0.5) is 0 Å². The molecule has 2 rings (SSSR count).